The zero-order chi connectivity index (χ0) is 10.2. The molecule has 3 heteroatoms. The lowest BCUT2D eigenvalue weighted by Gasteiger charge is -2.22. The van der Waals surface area contributed by atoms with Crippen LogP contribution >= 0.6 is 0 Å². The molecule has 0 spiro atoms. The van der Waals surface area contributed by atoms with Crippen LogP contribution in [-0.4, -0.2) is 11.7 Å². The van der Waals surface area contributed by atoms with Crippen LogP contribution in [0.3, 0.4) is 0 Å². The van der Waals surface area contributed by atoms with Crippen molar-refractivity contribution in [2.75, 3.05) is 0 Å². The second kappa shape index (κ2) is 2.94. The van der Waals surface area contributed by atoms with E-state index in [-0.39, 0.29) is 18.1 Å². The van der Waals surface area contributed by atoms with Crippen LogP contribution in [0, 0.1) is 0 Å². The summed E-state index contributed by atoms with van der Waals surface area (Å²) in [6.07, 6.45) is -0.00854. The minimum Gasteiger partial charge on any atom is -0.339 e. The quantitative estimate of drug-likeness (QED) is 0.670. The lowest BCUT2D eigenvalue weighted by molar-refractivity contribution is -0.123. The largest absolute Gasteiger partial charge is 0.339 e. The molecule has 2 rings (SSSR count). The minimum atomic E-state index is -0.821. The monoisotopic (exact) mass is 189 g/mol. The molecule has 0 radical (unpaired) electrons. The zero-order valence-electron chi connectivity index (χ0n) is 7.91. The van der Waals surface area contributed by atoms with Crippen LogP contribution in [-0.2, 0) is 15.1 Å². The SMILES string of the molecule is C[C@@]1(c2ccccc2)NC(=O)CC1=O. The zero-order valence-corrected chi connectivity index (χ0v) is 7.91. The molecular formula is C11H11NO2. The van der Waals surface area contributed by atoms with Gasteiger partial charge in [0.05, 0.1) is 6.42 Å². The topological polar surface area (TPSA) is 46.2 Å². The van der Waals surface area contributed by atoms with E-state index < -0.39 is 5.54 Å². The van der Waals surface area contributed by atoms with Crippen molar-refractivity contribution in [3.8, 4) is 0 Å². The van der Waals surface area contributed by atoms with E-state index in [0.717, 1.165) is 5.56 Å². The van der Waals surface area contributed by atoms with Gasteiger partial charge in [0.15, 0.2) is 5.78 Å². The summed E-state index contributed by atoms with van der Waals surface area (Å²) in [5, 5.41) is 2.71. The number of nitrogens with one attached hydrogen (secondary N) is 1. The maximum absolute atomic E-state index is 11.6. The Morgan fingerprint density at radius 2 is 1.86 bits per heavy atom. The number of benzene rings is 1. The third kappa shape index (κ3) is 1.21. The normalized spacial score (nSPS) is 26.4. The van der Waals surface area contributed by atoms with E-state index in [2.05, 4.69) is 5.32 Å². The van der Waals surface area contributed by atoms with Crippen molar-refractivity contribution < 1.29 is 9.59 Å². The molecular weight excluding hydrogens is 178 g/mol. The van der Waals surface area contributed by atoms with Crippen LogP contribution in [0.2, 0.25) is 0 Å². The number of ketones is 1. The molecule has 14 heavy (non-hydrogen) atoms. The highest BCUT2D eigenvalue weighted by molar-refractivity contribution is 6.10. The highest BCUT2D eigenvalue weighted by Crippen LogP contribution is 2.27. The van der Waals surface area contributed by atoms with Crippen molar-refractivity contribution in [2.45, 2.75) is 18.9 Å². The molecule has 1 aromatic rings. The summed E-state index contributed by atoms with van der Waals surface area (Å²) in [5.74, 6) is -0.255. The molecule has 1 aliphatic heterocycles. The van der Waals surface area contributed by atoms with Crippen molar-refractivity contribution in [1.29, 1.82) is 0 Å². The smallest absolute Gasteiger partial charge is 0.228 e. The average molecular weight is 189 g/mol. The van der Waals surface area contributed by atoms with Crippen molar-refractivity contribution in [3.63, 3.8) is 0 Å². The molecule has 0 saturated carbocycles. The van der Waals surface area contributed by atoms with Crippen molar-refractivity contribution in [1.82, 2.24) is 5.32 Å². The third-order valence-corrected chi connectivity index (χ3v) is 2.62. The van der Waals surface area contributed by atoms with E-state index in [1.54, 1.807) is 6.92 Å². The van der Waals surface area contributed by atoms with Gasteiger partial charge < -0.3 is 5.32 Å². The molecule has 1 N–H and O–H groups in total. The minimum absolute atomic E-state index is 0.00854. The maximum atomic E-state index is 11.6. The molecule has 1 heterocycles. The van der Waals surface area contributed by atoms with Crippen molar-refractivity contribution >= 4 is 11.7 Å². The Balaban J connectivity index is 2.43. The van der Waals surface area contributed by atoms with Gasteiger partial charge >= 0.3 is 0 Å². The van der Waals surface area contributed by atoms with Gasteiger partial charge in [0.25, 0.3) is 0 Å². The van der Waals surface area contributed by atoms with E-state index in [4.69, 9.17) is 0 Å². The summed E-state index contributed by atoms with van der Waals surface area (Å²) in [7, 11) is 0. The molecule has 1 saturated heterocycles. The van der Waals surface area contributed by atoms with Crippen molar-refractivity contribution in [2.24, 2.45) is 0 Å². The Bertz CT molecular complexity index is 386. The highest BCUT2D eigenvalue weighted by atomic mass is 16.2. The predicted molar refractivity (Wildman–Crippen MR) is 51.6 cm³/mol. The number of rotatable bonds is 1. The Morgan fingerprint density at radius 3 is 2.36 bits per heavy atom. The fourth-order valence-corrected chi connectivity index (χ4v) is 1.72. The van der Waals surface area contributed by atoms with Gasteiger partial charge in [0, 0.05) is 0 Å². The molecule has 1 atom stereocenters. The lowest BCUT2D eigenvalue weighted by Crippen LogP contribution is -2.40. The Morgan fingerprint density at radius 1 is 1.21 bits per heavy atom. The van der Waals surface area contributed by atoms with E-state index in [1.807, 2.05) is 30.3 Å². The molecule has 1 amide bonds. The van der Waals surface area contributed by atoms with Crippen LogP contribution in [0.4, 0.5) is 0 Å². The molecule has 0 bridgehead atoms. The summed E-state index contributed by atoms with van der Waals surface area (Å²) in [6.45, 7) is 1.75. The standard InChI is InChI=1S/C11H11NO2/c1-11(8-5-3-2-4-6-8)9(13)7-10(14)12-11/h2-6H,7H2,1H3,(H,12,14)/t11-/m0/s1. The molecule has 1 aliphatic rings. The van der Waals surface area contributed by atoms with E-state index in [1.165, 1.54) is 0 Å². The molecule has 0 aromatic heterocycles. The van der Waals surface area contributed by atoms with Gasteiger partial charge in [0.2, 0.25) is 5.91 Å². The van der Waals surface area contributed by atoms with Gasteiger partial charge in [-0.05, 0) is 12.5 Å². The van der Waals surface area contributed by atoms with Gasteiger partial charge in [-0.15, -0.1) is 0 Å². The lowest BCUT2D eigenvalue weighted by atomic mass is 9.90. The third-order valence-electron chi connectivity index (χ3n) is 2.62. The van der Waals surface area contributed by atoms with Crippen LogP contribution in [0.5, 0.6) is 0 Å². The fraction of sp³-hybridized carbons (Fsp3) is 0.273. The first kappa shape index (κ1) is 8.94. The fourth-order valence-electron chi connectivity index (χ4n) is 1.72. The molecule has 1 fully saturated rings. The summed E-state index contributed by atoms with van der Waals surface area (Å²) < 4.78 is 0. The van der Waals surface area contributed by atoms with Crippen LogP contribution < -0.4 is 5.32 Å². The summed E-state index contributed by atoms with van der Waals surface area (Å²) in [4.78, 5) is 22.7. The number of Topliss-reactive ketones (excluding diaryl/α,β-unsaturated/α-hetero) is 1. The second-order valence-corrected chi connectivity index (χ2v) is 3.64. The van der Waals surface area contributed by atoms with Gasteiger partial charge in [-0.3, -0.25) is 9.59 Å². The van der Waals surface area contributed by atoms with Gasteiger partial charge in [-0.2, -0.15) is 0 Å². The Hall–Kier alpha value is -1.64. The predicted octanol–water partition coefficient (Wildman–Crippen LogP) is 0.991. The first-order valence-electron chi connectivity index (χ1n) is 4.53. The van der Waals surface area contributed by atoms with Crippen molar-refractivity contribution in [3.05, 3.63) is 35.9 Å². The number of amides is 1. The van der Waals surface area contributed by atoms with E-state index >= 15 is 0 Å². The van der Waals surface area contributed by atoms with Crippen LogP contribution in [0.15, 0.2) is 30.3 Å². The maximum Gasteiger partial charge on any atom is 0.228 e. The summed E-state index contributed by atoms with van der Waals surface area (Å²) in [6, 6.07) is 9.30. The molecule has 1 aromatic carbocycles. The second-order valence-electron chi connectivity index (χ2n) is 3.64. The van der Waals surface area contributed by atoms with Crippen LogP contribution in [0.25, 0.3) is 0 Å². The Labute approximate surface area is 82.1 Å². The van der Waals surface area contributed by atoms with Gasteiger partial charge in [-0.1, -0.05) is 30.3 Å². The number of carbonyl (C=O) groups excluding carboxylic acids is 2. The number of carbonyl (C=O) groups is 2. The summed E-state index contributed by atoms with van der Waals surface area (Å²) >= 11 is 0. The number of hydrogen-bond donors (Lipinski definition) is 1. The van der Waals surface area contributed by atoms with E-state index in [0.29, 0.717) is 0 Å². The first-order chi connectivity index (χ1) is 6.63. The highest BCUT2D eigenvalue weighted by Gasteiger charge is 2.42. The molecule has 3 nitrogen and oxygen atoms in total. The molecule has 72 valence electrons. The molecule has 0 aliphatic carbocycles. The number of hydrogen-bond acceptors (Lipinski definition) is 2. The van der Waals surface area contributed by atoms with Crippen LogP contribution in [0.1, 0.15) is 18.9 Å². The average Bonchev–Trinajstić information content (AvgIpc) is 2.43. The van der Waals surface area contributed by atoms with E-state index in [9.17, 15) is 9.59 Å². The summed E-state index contributed by atoms with van der Waals surface area (Å²) in [5.41, 5.74) is 0.0223. The van der Waals surface area contributed by atoms with Gasteiger partial charge in [0.1, 0.15) is 5.54 Å². The van der Waals surface area contributed by atoms with Gasteiger partial charge in [-0.25, -0.2) is 0 Å². The molecule has 0 unspecified atom stereocenters. The Kier molecular flexibility index (Phi) is 1.88. The first-order valence-corrected chi connectivity index (χ1v) is 4.53.